The summed E-state index contributed by atoms with van der Waals surface area (Å²) in [6.07, 6.45) is 4.17. The lowest BCUT2D eigenvalue weighted by atomic mass is 10.2. The average molecular weight is 283 g/mol. The van der Waals surface area contributed by atoms with Gasteiger partial charge in [-0.25, -0.2) is 0 Å². The van der Waals surface area contributed by atoms with Gasteiger partial charge in [0.1, 0.15) is 0 Å². The van der Waals surface area contributed by atoms with Crippen LogP contribution in [0.2, 0.25) is 0 Å². The molecule has 0 saturated carbocycles. The summed E-state index contributed by atoms with van der Waals surface area (Å²) in [6.45, 7) is 0.964. The van der Waals surface area contributed by atoms with Gasteiger partial charge in [-0.3, -0.25) is 0 Å². The van der Waals surface area contributed by atoms with Crippen LogP contribution in [0.3, 0.4) is 0 Å². The maximum atomic E-state index is 2.37. The van der Waals surface area contributed by atoms with Gasteiger partial charge in [0.05, 0.1) is 0 Å². The number of rotatable bonds is 2. The van der Waals surface area contributed by atoms with Crippen molar-refractivity contribution in [1.82, 2.24) is 4.57 Å². The maximum absolute atomic E-state index is 2.37. The minimum atomic E-state index is 0.964. The average Bonchev–Trinajstić information content (AvgIpc) is 2.61. The maximum Gasteiger partial charge on any atom is 0.0480 e. The lowest BCUT2D eigenvalue weighted by Crippen LogP contribution is -1.97. The first-order valence-electron chi connectivity index (χ1n) is 4.20. The Balaban J connectivity index is 2.24. The van der Waals surface area contributed by atoms with Crippen LogP contribution in [-0.2, 0) is 6.54 Å². The van der Waals surface area contributed by atoms with Crippen LogP contribution in [-0.4, -0.2) is 4.57 Å². The van der Waals surface area contributed by atoms with E-state index in [-0.39, 0.29) is 0 Å². The molecule has 2 aromatic rings. The van der Waals surface area contributed by atoms with Crippen LogP contribution in [0.1, 0.15) is 5.56 Å². The Kier molecular flexibility index (Phi) is 2.68. The van der Waals surface area contributed by atoms with E-state index in [1.54, 1.807) is 0 Å². The Morgan fingerprint density at radius 1 is 1.00 bits per heavy atom. The first-order chi connectivity index (χ1) is 6.36. The highest BCUT2D eigenvalue weighted by atomic mass is 127. The lowest BCUT2D eigenvalue weighted by molar-refractivity contribution is 0.802. The highest BCUT2D eigenvalue weighted by Gasteiger charge is 1.97. The Bertz CT molecular complexity index is 379. The topological polar surface area (TPSA) is 4.93 Å². The predicted octanol–water partition coefficient (Wildman–Crippen LogP) is 3.14. The van der Waals surface area contributed by atoms with E-state index in [0.29, 0.717) is 0 Å². The quantitative estimate of drug-likeness (QED) is 0.746. The molecule has 0 fully saturated rings. The Hall–Kier alpha value is -0.770. The molecule has 0 amide bonds. The van der Waals surface area contributed by atoms with Gasteiger partial charge in [0, 0.05) is 22.5 Å². The molecule has 2 rings (SSSR count). The molecule has 2 heteroatoms. The second kappa shape index (κ2) is 3.96. The highest BCUT2D eigenvalue weighted by molar-refractivity contribution is 14.1. The standard InChI is InChI=1S/C11H10IN/c12-11-6-2-1-5-10(11)9-13-7-3-4-8-13/h1-8H,9H2. The molecule has 0 atom stereocenters. The van der Waals surface area contributed by atoms with E-state index < -0.39 is 0 Å². The molecule has 66 valence electrons. The summed E-state index contributed by atoms with van der Waals surface area (Å²) in [5.41, 5.74) is 1.37. The molecule has 0 bridgehead atoms. The number of halogens is 1. The number of benzene rings is 1. The first-order valence-corrected chi connectivity index (χ1v) is 5.28. The van der Waals surface area contributed by atoms with E-state index in [9.17, 15) is 0 Å². The molecule has 0 aliphatic heterocycles. The van der Waals surface area contributed by atoms with Crippen LogP contribution < -0.4 is 0 Å². The van der Waals surface area contributed by atoms with Crippen LogP contribution in [0.4, 0.5) is 0 Å². The zero-order valence-electron chi connectivity index (χ0n) is 7.15. The molecule has 0 aliphatic carbocycles. The fourth-order valence-corrected chi connectivity index (χ4v) is 1.86. The first kappa shape index (κ1) is 8.81. The summed E-state index contributed by atoms with van der Waals surface area (Å²) < 4.78 is 3.51. The van der Waals surface area contributed by atoms with Crippen molar-refractivity contribution in [2.75, 3.05) is 0 Å². The van der Waals surface area contributed by atoms with E-state index >= 15 is 0 Å². The van der Waals surface area contributed by atoms with E-state index in [1.807, 2.05) is 0 Å². The fraction of sp³-hybridized carbons (Fsp3) is 0.0909. The minimum absolute atomic E-state index is 0.964. The number of aromatic nitrogens is 1. The monoisotopic (exact) mass is 283 g/mol. The third-order valence-corrected chi connectivity index (χ3v) is 3.03. The molecule has 0 N–H and O–H groups in total. The largest absolute Gasteiger partial charge is 0.350 e. The van der Waals surface area contributed by atoms with Gasteiger partial charge in [-0.05, 0) is 46.4 Å². The van der Waals surface area contributed by atoms with E-state index in [2.05, 4.69) is 75.9 Å². The highest BCUT2D eigenvalue weighted by Crippen LogP contribution is 2.12. The molecule has 1 aromatic heterocycles. The molecule has 13 heavy (non-hydrogen) atoms. The summed E-state index contributed by atoms with van der Waals surface area (Å²) in [6, 6.07) is 12.6. The van der Waals surface area contributed by atoms with Gasteiger partial charge in [-0.1, -0.05) is 18.2 Å². The summed E-state index contributed by atoms with van der Waals surface area (Å²) in [4.78, 5) is 0. The zero-order valence-corrected chi connectivity index (χ0v) is 9.31. The third kappa shape index (κ3) is 2.12. The fourth-order valence-electron chi connectivity index (χ4n) is 1.30. The van der Waals surface area contributed by atoms with E-state index in [1.165, 1.54) is 9.13 Å². The van der Waals surface area contributed by atoms with Crippen molar-refractivity contribution >= 4 is 22.6 Å². The van der Waals surface area contributed by atoms with Crippen molar-refractivity contribution < 1.29 is 0 Å². The summed E-state index contributed by atoms with van der Waals surface area (Å²) in [7, 11) is 0. The predicted molar refractivity (Wildman–Crippen MR) is 62.7 cm³/mol. The Labute approximate surface area is 91.5 Å². The van der Waals surface area contributed by atoms with Crippen molar-refractivity contribution in [3.8, 4) is 0 Å². The number of hydrogen-bond donors (Lipinski definition) is 0. The van der Waals surface area contributed by atoms with Gasteiger partial charge in [0.2, 0.25) is 0 Å². The SMILES string of the molecule is Ic1ccccc1Cn1cccc1. The van der Waals surface area contributed by atoms with Gasteiger partial charge in [0.25, 0.3) is 0 Å². The van der Waals surface area contributed by atoms with Gasteiger partial charge in [0.15, 0.2) is 0 Å². The minimum Gasteiger partial charge on any atom is -0.350 e. The van der Waals surface area contributed by atoms with Gasteiger partial charge in [-0.15, -0.1) is 0 Å². The number of nitrogens with zero attached hydrogens (tertiary/aromatic N) is 1. The molecular formula is C11H10IN. The van der Waals surface area contributed by atoms with Crippen LogP contribution in [0, 0.1) is 3.57 Å². The molecule has 0 saturated heterocycles. The van der Waals surface area contributed by atoms with Crippen LogP contribution in [0.15, 0.2) is 48.8 Å². The van der Waals surface area contributed by atoms with E-state index in [0.717, 1.165) is 6.54 Å². The molecule has 0 radical (unpaired) electrons. The van der Waals surface area contributed by atoms with Gasteiger partial charge >= 0.3 is 0 Å². The molecule has 0 spiro atoms. The van der Waals surface area contributed by atoms with Crippen molar-refractivity contribution in [1.29, 1.82) is 0 Å². The van der Waals surface area contributed by atoms with Crippen LogP contribution in [0.5, 0.6) is 0 Å². The van der Waals surface area contributed by atoms with Crippen molar-refractivity contribution in [2.45, 2.75) is 6.54 Å². The molecule has 1 nitrogen and oxygen atoms in total. The summed E-state index contributed by atoms with van der Waals surface area (Å²) in [5.74, 6) is 0. The van der Waals surface area contributed by atoms with Crippen molar-refractivity contribution in [3.05, 3.63) is 57.9 Å². The van der Waals surface area contributed by atoms with E-state index in [4.69, 9.17) is 0 Å². The summed E-state index contributed by atoms with van der Waals surface area (Å²) >= 11 is 2.37. The second-order valence-corrected chi connectivity index (χ2v) is 4.11. The smallest absolute Gasteiger partial charge is 0.0480 e. The van der Waals surface area contributed by atoms with Crippen LogP contribution in [0.25, 0.3) is 0 Å². The Morgan fingerprint density at radius 2 is 1.69 bits per heavy atom. The van der Waals surface area contributed by atoms with Crippen molar-refractivity contribution in [3.63, 3.8) is 0 Å². The van der Waals surface area contributed by atoms with Gasteiger partial charge in [-0.2, -0.15) is 0 Å². The van der Waals surface area contributed by atoms with Crippen molar-refractivity contribution in [2.24, 2.45) is 0 Å². The van der Waals surface area contributed by atoms with Crippen LogP contribution >= 0.6 is 22.6 Å². The molecule has 0 unspecified atom stereocenters. The molecule has 0 aliphatic rings. The number of hydrogen-bond acceptors (Lipinski definition) is 0. The third-order valence-electron chi connectivity index (χ3n) is 1.98. The molecule has 1 aromatic carbocycles. The second-order valence-electron chi connectivity index (χ2n) is 2.95. The normalized spacial score (nSPS) is 10.2. The molecule has 1 heterocycles. The van der Waals surface area contributed by atoms with Gasteiger partial charge < -0.3 is 4.57 Å². The summed E-state index contributed by atoms with van der Waals surface area (Å²) in [5, 5.41) is 0. The lowest BCUT2D eigenvalue weighted by Gasteiger charge is -2.04. The zero-order chi connectivity index (χ0) is 9.10. The Morgan fingerprint density at radius 3 is 2.38 bits per heavy atom. The molecular weight excluding hydrogens is 273 g/mol.